The molecule has 0 radical (unpaired) electrons. The summed E-state index contributed by atoms with van der Waals surface area (Å²) in [4.78, 5) is 25.4. The van der Waals surface area contributed by atoms with Crippen molar-refractivity contribution in [3.63, 3.8) is 0 Å². The molecule has 144 valence electrons. The van der Waals surface area contributed by atoms with Crippen molar-refractivity contribution in [1.29, 1.82) is 0 Å². The standard InChI is InChI=1S/C19H29N3O4/c1-3-4-5-6-7-15(2)20-19(23)16-8-9-17(18(14-16)22(24)25)21-10-12-26-13-11-21/h8-9,14-15H,3-7,10-13H2,1-2H3,(H,20,23). The van der Waals surface area contributed by atoms with Crippen molar-refractivity contribution in [1.82, 2.24) is 5.32 Å². The molecule has 7 heteroatoms. The SMILES string of the molecule is CCCCCCC(C)NC(=O)c1ccc(N2CCOCC2)c([N+](=O)[O-])c1. The highest BCUT2D eigenvalue weighted by molar-refractivity contribution is 5.96. The predicted octanol–water partition coefficient (Wildman–Crippen LogP) is 3.52. The number of ether oxygens (including phenoxy) is 1. The van der Waals surface area contributed by atoms with Gasteiger partial charge in [0.15, 0.2) is 0 Å². The number of nitrogens with zero attached hydrogens (tertiary/aromatic N) is 2. The minimum atomic E-state index is -0.421. The third-order valence-electron chi connectivity index (χ3n) is 4.65. The third-order valence-corrected chi connectivity index (χ3v) is 4.65. The zero-order chi connectivity index (χ0) is 18.9. The summed E-state index contributed by atoms with van der Waals surface area (Å²) in [5.41, 5.74) is 0.840. The molecule has 1 N–H and O–H groups in total. The molecule has 0 bridgehead atoms. The van der Waals surface area contributed by atoms with E-state index in [0.717, 1.165) is 19.3 Å². The number of nitro groups is 1. The maximum atomic E-state index is 12.4. The van der Waals surface area contributed by atoms with Gasteiger partial charge >= 0.3 is 0 Å². The van der Waals surface area contributed by atoms with E-state index in [-0.39, 0.29) is 17.6 Å². The number of nitro benzene ring substituents is 1. The summed E-state index contributed by atoms with van der Waals surface area (Å²) in [5, 5.41) is 14.4. The lowest BCUT2D eigenvalue weighted by Crippen LogP contribution is -2.36. The molecule has 26 heavy (non-hydrogen) atoms. The first kappa shape index (κ1) is 20.2. The molecule has 1 saturated heterocycles. The molecule has 0 spiro atoms. The molecule has 1 atom stereocenters. The van der Waals surface area contributed by atoms with Crippen LogP contribution < -0.4 is 10.2 Å². The zero-order valence-electron chi connectivity index (χ0n) is 15.7. The van der Waals surface area contributed by atoms with Gasteiger partial charge in [-0.1, -0.05) is 32.6 Å². The Morgan fingerprint density at radius 3 is 2.69 bits per heavy atom. The Morgan fingerprint density at radius 1 is 1.31 bits per heavy atom. The van der Waals surface area contributed by atoms with Gasteiger partial charge in [0.1, 0.15) is 5.69 Å². The normalized spacial score (nSPS) is 15.5. The van der Waals surface area contributed by atoms with E-state index in [2.05, 4.69) is 12.2 Å². The number of hydrogen-bond donors (Lipinski definition) is 1. The first-order valence-corrected chi connectivity index (χ1v) is 9.45. The van der Waals surface area contributed by atoms with Crippen LogP contribution in [0.3, 0.4) is 0 Å². The zero-order valence-corrected chi connectivity index (χ0v) is 15.7. The summed E-state index contributed by atoms with van der Waals surface area (Å²) in [7, 11) is 0. The summed E-state index contributed by atoms with van der Waals surface area (Å²) in [6.45, 7) is 6.46. The monoisotopic (exact) mass is 363 g/mol. The van der Waals surface area contributed by atoms with Crippen LogP contribution in [-0.2, 0) is 4.74 Å². The number of amides is 1. The van der Waals surface area contributed by atoms with Crippen LogP contribution in [-0.4, -0.2) is 43.2 Å². The van der Waals surface area contributed by atoms with Gasteiger partial charge < -0.3 is 15.0 Å². The summed E-state index contributed by atoms with van der Waals surface area (Å²) in [5.74, 6) is -0.260. The average Bonchev–Trinajstić information content (AvgIpc) is 2.65. The largest absolute Gasteiger partial charge is 0.378 e. The number of rotatable bonds is 9. The number of carbonyl (C=O) groups is 1. The Kier molecular flexibility index (Phi) is 7.84. The van der Waals surface area contributed by atoms with Crippen molar-refractivity contribution in [3.8, 4) is 0 Å². The number of morpholine rings is 1. The van der Waals surface area contributed by atoms with Gasteiger partial charge in [0.2, 0.25) is 0 Å². The van der Waals surface area contributed by atoms with E-state index in [4.69, 9.17) is 4.74 Å². The van der Waals surface area contributed by atoms with Crippen molar-refractivity contribution >= 4 is 17.3 Å². The van der Waals surface area contributed by atoms with E-state index in [9.17, 15) is 14.9 Å². The van der Waals surface area contributed by atoms with Gasteiger partial charge in [0.05, 0.1) is 18.1 Å². The van der Waals surface area contributed by atoms with Crippen LogP contribution in [0.4, 0.5) is 11.4 Å². The molecule has 0 aliphatic carbocycles. The van der Waals surface area contributed by atoms with Gasteiger partial charge in [-0.2, -0.15) is 0 Å². The Hall–Kier alpha value is -2.15. The molecular formula is C19H29N3O4. The van der Waals surface area contributed by atoms with E-state index in [1.807, 2.05) is 11.8 Å². The molecule has 1 fully saturated rings. The predicted molar refractivity (Wildman–Crippen MR) is 102 cm³/mol. The number of anilines is 1. The molecule has 0 aromatic heterocycles. The van der Waals surface area contributed by atoms with E-state index in [1.165, 1.54) is 18.9 Å². The molecule has 1 unspecified atom stereocenters. The lowest BCUT2D eigenvalue weighted by atomic mass is 10.1. The van der Waals surface area contributed by atoms with Crippen LogP contribution >= 0.6 is 0 Å². The Morgan fingerprint density at radius 2 is 2.04 bits per heavy atom. The molecule has 1 aliphatic rings. The summed E-state index contributed by atoms with van der Waals surface area (Å²) in [6.07, 6.45) is 5.54. The van der Waals surface area contributed by atoms with Crippen LogP contribution in [0.2, 0.25) is 0 Å². The number of nitrogens with one attached hydrogen (secondary N) is 1. The topological polar surface area (TPSA) is 84.7 Å². The van der Waals surface area contributed by atoms with Crippen molar-refractivity contribution in [3.05, 3.63) is 33.9 Å². The van der Waals surface area contributed by atoms with E-state index in [0.29, 0.717) is 37.6 Å². The van der Waals surface area contributed by atoms with Gasteiger partial charge in [-0.25, -0.2) is 0 Å². The van der Waals surface area contributed by atoms with E-state index >= 15 is 0 Å². The third kappa shape index (κ3) is 5.69. The highest BCUT2D eigenvalue weighted by Gasteiger charge is 2.23. The lowest BCUT2D eigenvalue weighted by Gasteiger charge is -2.28. The molecule has 2 rings (SSSR count). The van der Waals surface area contributed by atoms with Gasteiger partial charge in [-0.15, -0.1) is 0 Å². The van der Waals surface area contributed by atoms with Gasteiger partial charge in [0, 0.05) is 30.8 Å². The smallest absolute Gasteiger partial charge is 0.293 e. The summed E-state index contributed by atoms with van der Waals surface area (Å²) >= 11 is 0. The maximum Gasteiger partial charge on any atom is 0.293 e. The molecule has 1 aliphatic heterocycles. The quantitative estimate of drug-likeness (QED) is 0.412. The van der Waals surface area contributed by atoms with Crippen molar-refractivity contribution < 1.29 is 14.5 Å². The fourth-order valence-corrected chi connectivity index (χ4v) is 3.14. The summed E-state index contributed by atoms with van der Waals surface area (Å²) < 4.78 is 5.30. The first-order chi connectivity index (χ1) is 12.5. The van der Waals surface area contributed by atoms with Crippen LogP contribution in [0.25, 0.3) is 0 Å². The summed E-state index contributed by atoms with van der Waals surface area (Å²) in [6, 6.07) is 4.77. The number of hydrogen-bond acceptors (Lipinski definition) is 5. The molecule has 1 aromatic carbocycles. The van der Waals surface area contributed by atoms with E-state index in [1.54, 1.807) is 12.1 Å². The lowest BCUT2D eigenvalue weighted by molar-refractivity contribution is -0.384. The van der Waals surface area contributed by atoms with Crippen molar-refractivity contribution in [2.45, 2.75) is 52.0 Å². The average molecular weight is 363 g/mol. The van der Waals surface area contributed by atoms with Crippen LogP contribution in [0.1, 0.15) is 56.3 Å². The van der Waals surface area contributed by atoms with Gasteiger partial charge in [-0.3, -0.25) is 14.9 Å². The molecular weight excluding hydrogens is 334 g/mol. The van der Waals surface area contributed by atoms with Crippen LogP contribution in [0, 0.1) is 10.1 Å². The van der Waals surface area contributed by atoms with Crippen LogP contribution in [0.5, 0.6) is 0 Å². The fourth-order valence-electron chi connectivity index (χ4n) is 3.14. The van der Waals surface area contributed by atoms with Crippen molar-refractivity contribution in [2.75, 3.05) is 31.2 Å². The minimum absolute atomic E-state index is 0.0323. The Labute approximate surface area is 154 Å². The van der Waals surface area contributed by atoms with Gasteiger partial charge in [0.25, 0.3) is 11.6 Å². The Balaban J connectivity index is 2.03. The molecule has 7 nitrogen and oxygen atoms in total. The molecule has 0 saturated carbocycles. The van der Waals surface area contributed by atoms with E-state index < -0.39 is 4.92 Å². The molecule has 1 aromatic rings. The van der Waals surface area contributed by atoms with Crippen molar-refractivity contribution in [2.24, 2.45) is 0 Å². The maximum absolute atomic E-state index is 12.4. The minimum Gasteiger partial charge on any atom is -0.378 e. The fraction of sp³-hybridized carbons (Fsp3) is 0.632. The second-order valence-electron chi connectivity index (χ2n) is 6.78. The number of benzene rings is 1. The Bertz CT molecular complexity index is 615. The second kappa shape index (κ2) is 10.1. The first-order valence-electron chi connectivity index (χ1n) is 9.45. The van der Waals surface area contributed by atoms with Gasteiger partial charge in [-0.05, 0) is 25.5 Å². The highest BCUT2D eigenvalue weighted by Crippen LogP contribution is 2.30. The molecule has 1 heterocycles. The molecule has 1 amide bonds. The number of unbranched alkanes of at least 4 members (excludes halogenated alkanes) is 3. The highest BCUT2D eigenvalue weighted by atomic mass is 16.6. The number of carbonyl (C=O) groups excluding carboxylic acids is 1. The second-order valence-corrected chi connectivity index (χ2v) is 6.78. The van der Waals surface area contributed by atoms with Crippen LogP contribution in [0.15, 0.2) is 18.2 Å².